The van der Waals surface area contributed by atoms with Crippen LogP contribution >= 0.6 is 11.3 Å². The van der Waals surface area contributed by atoms with E-state index in [-0.39, 0.29) is 35.9 Å². The second-order valence-electron chi connectivity index (χ2n) is 7.50. The molecular weight excluding hydrogens is 382 g/mol. The quantitative estimate of drug-likeness (QED) is 0.749. The second-order valence-corrected chi connectivity index (χ2v) is 8.53. The van der Waals surface area contributed by atoms with Crippen LogP contribution in [0.1, 0.15) is 30.6 Å². The van der Waals surface area contributed by atoms with Gasteiger partial charge in [-0.2, -0.15) is 0 Å². The van der Waals surface area contributed by atoms with Crippen LogP contribution in [0.2, 0.25) is 0 Å². The van der Waals surface area contributed by atoms with Gasteiger partial charge in [-0.05, 0) is 49.3 Å². The van der Waals surface area contributed by atoms with Crippen molar-refractivity contribution in [1.82, 2.24) is 4.90 Å². The van der Waals surface area contributed by atoms with Gasteiger partial charge in [0.25, 0.3) is 0 Å². The van der Waals surface area contributed by atoms with Crippen LogP contribution < -0.4 is 4.90 Å². The summed E-state index contributed by atoms with van der Waals surface area (Å²) in [4.78, 5) is 29.9. The number of thiophene rings is 1. The topological polar surface area (TPSA) is 40.6 Å². The van der Waals surface area contributed by atoms with Crippen LogP contribution in [0.15, 0.2) is 35.7 Å². The molecule has 2 aliphatic rings. The first-order valence-electron chi connectivity index (χ1n) is 9.60. The molecule has 0 spiro atoms. The lowest BCUT2D eigenvalue weighted by molar-refractivity contribution is -0.136. The fourth-order valence-corrected chi connectivity index (χ4v) is 4.42. The van der Waals surface area contributed by atoms with E-state index >= 15 is 0 Å². The summed E-state index contributed by atoms with van der Waals surface area (Å²) in [6, 6.07) is 7.04. The Kier molecular flexibility index (Phi) is 5.44. The Hall–Kier alpha value is -2.28. The zero-order valence-corrected chi connectivity index (χ0v) is 16.3. The molecule has 28 heavy (non-hydrogen) atoms. The van der Waals surface area contributed by atoms with Crippen LogP contribution in [0, 0.1) is 23.5 Å². The normalized spacial score (nSPS) is 19.5. The number of rotatable bonds is 5. The van der Waals surface area contributed by atoms with E-state index in [9.17, 15) is 18.4 Å². The zero-order valence-electron chi connectivity index (χ0n) is 15.4. The van der Waals surface area contributed by atoms with Gasteiger partial charge in [0.15, 0.2) is 0 Å². The SMILES string of the molecule is O=C(C1CC1)N1CCCC(C(=O)N(Cc2cccs2)c2ccc(F)cc2F)C1. The van der Waals surface area contributed by atoms with Crippen molar-refractivity contribution in [3.63, 3.8) is 0 Å². The van der Waals surface area contributed by atoms with Crippen LogP contribution in [0.4, 0.5) is 14.5 Å². The molecule has 7 heteroatoms. The Balaban J connectivity index is 1.57. The van der Waals surface area contributed by atoms with Crippen LogP contribution in [0.3, 0.4) is 0 Å². The Bertz CT molecular complexity index is 867. The fourth-order valence-electron chi connectivity index (χ4n) is 3.73. The summed E-state index contributed by atoms with van der Waals surface area (Å²) in [5.41, 5.74) is 0.0745. The molecule has 148 valence electrons. The summed E-state index contributed by atoms with van der Waals surface area (Å²) in [7, 11) is 0. The van der Waals surface area contributed by atoms with Gasteiger partial charge < -0.3 is 9.80 Å². The molecule has 1 aliphatic carbocycles. The monoisotopic (exact) mass is 404 g/mol. The Morgan fingerprint density at radius 2 is 1.96 bits per heavy atom. The van der Waals surface area contributed by atoms with Crippen molar-refractivity contribution in [2.24, 2.45) is 11.8 Å². The Morgan fingerprint density at radius 3 is 2.64 bits per heavy atom. The van der Waals surface area contributed by atoms with Crippen LogP contribution in [0.25, 0.3) is 0 Å². The van der Waals surface area contributed by atoms with Gasteiger partial charge in [0.05, 0.1) is 18.2 Å². The first-order valence-corrected chi connectivity index (χ1v) is 10.5. The number of halogens is 2. The van der Waals surface area contributed by atoms with Crippen molar-refractivity contribution in [2.45, 2.75) is 32.2 Å². The molecule has 0 N–H and O–H groups in total. The molecule has 2 amide bonds. The average molecular weight is 404 g/mol. The number of hydrogen-bond donors (Lipinski definition) is 0. The molecule has 1 atom stereocenters. The summed E-state index contributed by atoms with van der Waals surface area (Å²) in [6.45, 7) is 1.28. The maximum Gasteiger partial charge on any atom is 0.232 e. The molecule has 1 saturated heterocycles. The minimum Gasteiger partial charge on any atom is -0.342 e. The van der Waals surface area contributed by atoms with Gasteiger partial charge in [-0.25, -0.2) is 8.78 Å². The fraction of sp³-hybridized carbons (Fsp3) is 0.429. The lowest BCUT2D eigenvalue weighted by Gasteiger charge is -2.35. The van der Waals surface area contributed by atoms with Gasteiger partial charge in [-0.15, -0.1) is 11.3 Å². The predicted octanol–water partition coefficient (Wildman–Crippen LogP) is 4.21. The molecule has 2 aromatic rings. The minimum absolute atomic E-state index is 0.0745. The molecule has 1 saturated carbocycles. The number of amides is 2. The summed E-state index contributed by atoms with van der Waals surface area (Å²) in [6.07, 6.45) is 3.28. The van der Waals surface area contributed by atoms with Crippen LogP contribution in [-0.2, 0) is 16.1 Å². The highest BCUT2D eigenvalue weighted by Gasteiger charge is 2.38. The number of piperidine rings is 1. The number of hydrogen-bond acceptors (Lipinski definition) is 3. The van der Waals surface area contributed by atoms with E-state index in [0.29, 0.717) is 19.5 Å². The zero-order chi connectivity index (χ0) is 19.7. The van der Waals surface area contributed by atoms with E-state index in [1.807, 2.05) is 17.5 Å². The second kappa shape index (κ2) is 7.99. The largest absolute Gasteiger partial charge is 0.342 e. The highest BCUT2D eigenvalue weighted by atomic mass is 32.1. The third-order valence-corrected chi connectivity index (χ3v) is 6.23. The molecular formula is C21H22F2N2O2S. The minimum atomic E-state index is -0.758. The molecule has 2 fully saturated rings. The molecule has 1 aliphatic heterocycles. The molecule has 4 rings (SSSR count). The number of likely N-dealkylation sites (tertiary alicyclic amines) is 1. The number of benzene rings is 1. The molecule has 1 aromatic carbocycles. The van der Waals surface area contributed by atoms with Crippen molar-refractivity contribution in [3.8, 4) is 0 Å². The maximum absolute atomic E-state index is 14.5. The van der Waals surface area contributed by atoms with E-state index in [1.54, 1.807) is 4.90 Å². The van der Waals surface area contributed by atoms with Crippen molar-refractivity contribution in [2.75, 3.05) is 18.0 Å². The number of carbonyl (C=O) groups is 2. The standard InChI is InChI=1S/C21H22F2N2O2S/c22-16-7-8-19(18(23)11-16)25(13-17-4-2-10-28-17)21(27)15-3-1-9-24(12-15)20(26)14-5-6-14/h2,4,7-8,10-11,14-15H,1,3,5-6,9,12-13H2. The van der Waals surface area contributed by atoms with Crippen molar-refractivity contribution in [3.05, 3.63) is 52.2 Å². The van der Waals surface area contributed by atoms with Gasteiger partial charge in [0.2, 0.25) is 11.8 Å². The number of anilines is 1. The van der Waals surface area contributed by atoms with Gasteiger partial charge in [-0.1, -0.05) is 6.07 Å². The van der Waals surface area contributed by atoms with Gasteiger partial charge in [0.1, 0.15) is 11.6 Å². The first-order chi connectivity index (χ1) is 13.5. The van der Waals surface area contributed by atoms with Crippen LogP contribution in [0.5, 0.6) is 0 Å². The smallest absolute Gasteiger partial charge is 0.232 e. The Labute approximate surface area is 166 Å². The van der Waals surface area contributed by atoms with E-state index in [1.165, 1.54) is 22.3 Å². The van der Waals surface area contributed by atoms with E-state index < -0.39 is 11.6 Å². The van der Waals surface area contributed by atoms with Gasteiger partial charge >= 0.3 is 0 Å². The van der Waals surface area contributed by atoms with Crippen molar-refractivity contribution >= 4 is 28.8 Å². The predicted molar refractivity (Wildman–Crippen MR) is 104 cm³/mol. The van der Waals surface area contributed by atoms with Gasteiger partial charge in [-0.3, -0.25) is 9.59 Å². The molecule has 2 heterocycles. The molecule has 4 nitrogen and oxygen atoms in total. The van der Waals surface area contributed by atoms with E-state index in [0.717, 1.165) is 36.3 Å². The molecule has 0 radical (unpaired) electrons. The van der Waals surface area contributed by atoms with Gasteiger partial charge in [0, 0.05) is 30.0 Å². The van der Waals surface area contributed by atoms with E-state index in [2.05, 4.69) is 0 Å². The highest BCUT2D eigenvalue weighted by molar-refractivity contribution is 7.09. The Morgan fingerprint density at radius 1 is 1.14 bits per heavy atom. The first kappa shape index (κ1) is 19.1. The van der Waals surface area contributed by atoms with E-state index in [4.69, 9.17) is 0 Å². The summed E-state index contributed by atoms with van der Waals surface area (Å²) in [5.74, 6) is -1.77. The average Bonchev–Trinajstić information content (AvgIpc) is 3.42. The highest BCUT2D eigenvalue weighted by Crippen LogP contribution is 2.33. The molecule has 1 unspecified atom stereocenters. The van der Waals surface area contributed by atoms with Crippen molar-refractivity contribution < 1.29 is 18.4 Å². The third-order valence-electron chi connectivity index (χ3n) is 5.37. The third kappa shape index (κ3) is 4.09. The summed E-state index contributed by atoms with van der Waals surface area (Å²) >= 11 is 1.48. The van der Waals surface area contributed by atoms with Crippen molar-refractivity contribution in [1.29, 1.82) is 0 Å². The molecule has 0 bridgehead atoms. The number of nitrogens with zero attached hydrogens (tertiary/aromatic N) is 2. The number of carbonyl (C=O) groups excluding carboxylic acids is 2. The lowest BCUT2D eigenvalue weighted by Crippen LogP contribution is -2.47. The summed E-state index contributed by atoms with van der Waals surface area (Å²) in [5, 5.41) is 1.90. The molecule has 1 aromatic heterocycles. The van der Waals surface area contributed by atoms with Crippen LogP contribution in [-0.4, -0.2) is 29.8 Å². The summed E-state index contributed by atoms with van der Waals surface area (Å²) < 4.78 is 27.9. The maximum atomic E-state index is 14.5. The lowest BCUT2D eigenvalue weighted by atomic mass is 9.95.